The van der Waals surface area contributed by atoms with Crippen molar-refractivity contribution >= 4 is 29.7 Å². The second kappa shape index (κ2) is 9.92. The van der Waals surface area contributed by atoms with Gasteiger partial charge in [0.25, 0.3) is 5.69 Å². The molecule has 1 fully saturated rings. The molecule has 3 N–H and O–H groups in total. The van der Waals surface area contributed by atoms with Crippen molar-refractivity contribution in [1.29, 1.82) is 0 Å². The SMILES string of the molecule is CC(CN)CNC(=O)C1CCN(c2ccc(C(F)(F)F)cc2[N+](=O)[O-])CC1.Cl. The van der Waals surface area contributed by atoms with Crippen molar-refractivity contribution in [1.82, 2.24) is 5.32 Å². The first kappa shape index (κ1) is 24.0. The summed E-state index contributed by atoms with van der Waals surface area (Å²) in [5, 5.41) is 14.1. The van der Waals surface area contributed by atoms with Gasteiger partial charge in [-0.2, -0.15) is 13.2 Å². The summed E-state index contributed by atoms with van der Waals surface area (Å²) >= 11 is 0. The van der Waals surface area contributed by atoms with Crippen LogP contribution in [0.25, 0.3) is 0 Å². The van der Waals surface area contributed by atoms with Crippen molar-refractivity contribution in [2.45, 2.75) is 25.9 Å². The number of hydrogen-bond donors (Lipinski definition) is 2. The van der Waals surface area contributed by atoms with Crippen molar-refractivity contribution in [3.05, 3.63) is 33.9 Å². The maximum Gasteiger partial charge on any atom is 0.416 e. The Morgan fingerprint density at radius 1 is 1.39 bits per heavy atom. The molecule has 1 unspecified atom stereocenters. The molecule has 7 nitrogen and oxygen atoms in total. The highest BCUT2D eigenvalue weighted by atomic mass is 35.5. The van der Waals surface area contributed by atoms with E-state index in [1.165, 1.54) is 0 Å². The number of anilines is 1. The molecule has 2 rings (SSSR count). The van der Waals surface area contributed by atoms with Gasteiger partial charge in [0, 0.05) is 31.6 Å². The fourth-order valence-electron chi connectivity index (χ4n) is 3.00. The van der Waals surface area contributed by atoms with Crippen molar-refractivity contribution in [3.63, 3.8) is 0 Å². The van der Waals surface area contributed by atoms with E-state index >= 15 is 0 Å². The molecule has 1 aromatic carbocycles. The van der Waals surface area contributed by atoms with E-state index in [-0.39, 0.29) is 35.8 Å². The molecular formula is C17H24ClF3N4O3. The zero-order valence-corrected chi connectivity index (χ0v) is 16.2. The monoisotopic (exact) mass is 424 g/mol. The van der Waals surface area contributed by atoms with Crippen molar-refractivity contribution < 1.29 is 22.9 Å². The Balaban J connectivity index is 0.00000392. The van der Waals surface area contributed by atoms with Gasteiger partial charge in [-0.1, -0.05) is 6.92 Å². The number of nitrogens with two attached hydrogens (primary N) is 1. The van der Waals surface area contributed by atoms with Gasteiger partial charge in [0.15, 0.2) is 0 Å². The van der Waals surface area contributed by atoms with Gasteiger partial charge in [-0.3, -0.25) is 14.9 Å². The Labute approximate surface area is 167 Å². The Morgan fingerprint density at radius 2 is 2.00 bits per heavy atom. The number of nitro benzene ring substituents is 1. The number of piperidine rings is 1. The van der Waals surface area contributed by atoms with Crippen molar-refractivity contribution in [2.75, 3.05) is 31.1 Å². The molecule has 1 amide bonds. The third-order valence-corrected chi connectivity index (χ3v) is 4.73. The zero-order chi connectivity index (χ0) is 20.2. The van der Waals surface area contributed by atoms with E-state index in [1.54, 1.807) is 4.90 Å². The normalized spacial score (nSPS) is 16.2. The van der Waals surface area contributed by atoms with Gasteiger partial charge in [0.05, 0.1) is 10.5 Å². The third-order valence-electron chi connectivity index (χ3n) is 4.73. The molecule has 0 aliphatic carbocycles. The third kappa shape index (κ3) is 5.96. The minimum Gasteiger partial charge on any atom is -0.366 e. The highest BCUT2D eigenvalue weighted by Crippen LogP contribution is 2.37. The predicted octanol–water partition coefficient (Wildman–Crippen LogP) is 2.96. The Bertz CT molecular complexity index is 695. The number of carbonyl (C=O) groups excluding carboxylic acids is 1. The van der Waals surface area contributed by atoms with Crippen LogP contribution < -0.4 is 16.0 Å². The molecule has 1 atom stereocenters. The molecule has 11 heteroatoms. The Morgan fingerprint density at radius 3 is 2.50 bits per heavy atom. The molecule has 0 radical (unpaired) electrons. The lowest BCUT2D eigenvalue weighted by Crippen LogP contribution is -2.42. The Hall–Kier alpha value is -2.07. The summed E-state index contributed by atoms with van der Waals surface area (Å²) in [4.78, 5) is 24.3. The fraction of sp³-hybridized carbons (Fsp3) is 0.588. The van der Waals surface area contributed by atoms with Gasteiger partial charge >= 0.3 is 6.18 Å². The summed E-state index contributed by atoms with van der Waals surface area (Å²) in [6.45, 7) is 3.59. The van der Waals surface area contributed by atoms with Gasteiger partial charge in [0.2, 0.25) is 5.91 Å². The molecule has 1 aromatic rings. The van der Waals surface area contributed by atoms with Gasteiger partial charge in [0.1, 0.15) is 5.69 Å². The lowest BCUT2D eigenvalue weighted by atomic mass is 9.95. The highest BCUT2D eigenvalue weighted by Gasteiger charge is 2.34. The van der Waals surface area contributed by atoms with E-state index in [0.29, 0.717) is 45.1 Å². The number of halogens is 4. The number of nitro groups is 1. The van der Waals surface area contributed by atoms with Gasteiger partial charge in [-0.15, -0.1) is 12.4 Å². The molecule has 0 spiro atoms. The van der Waals surface area contributed by atoms with E-state index in [9.17, 15) is 28.1 Å². The standard InChI is InChI=1S/C17H23F3N4O3.ClH/c1-11(9-21)10-22-16(25)12-4-6-23(7-5-12)14-3-2-13(17(18,19)20)8-15(14)24(26)27;/h2-3,8,11-12H,4-7,9-10,21H2,1H3,(H,22,25);1H. The minimum absolute atomic E-state index is 0. The van der Waals surface area contributed by atoms with Crippen LogP contribution in [-0.2, 0) is 11.0 Å². The van der Waals surface area contributed by atoms with Crippen LogP contribution in [0.2, 0.25) is 0 Å². The molecule has 1 aliphatic heterocycles. The molecule has 0 aromatic heterocycles. The fourth-order valence-corrected chi connectivity index (χ4v) is 3.00. The molecule has 1 saturated heterocycles. The number of amides is 1. The average molecular weight is 425 g/mol. The molecule has 0 bridgehead atoms. The molecule has 0 saturated carbocycles. The predicted molar refractivity (Wildman–Crippen MR) is 102 cm³/mol. The van der Waals surface area contributed by atoms with Crippen LogP contribution in [0, 0.1) is 22.0 Å². The van der Waals surface area contributed by atoms with E-state index in [4.69, 9.17) is 5.73 Å². The maximum absolute atomic E-state index is 12.8. The van der Waals surface area contributed by atoms with Gasteiger partial charge < -0.3 is 16.0 Å². The lowest BCUT2D eigenvalue weighted by molar-refractivity contribution is -0.384. The first-order valence-electron chi connectivity index (χ1n) is 8.71. The van der Waals surface area contributed by atoms with E-state index in [1.807, 2.05) is 6.92 Å². The van der Waals surface area contributed by atoms with Crippen LogP contribution >= 0.6 is 12.4 Å². The quantitative estimate of drug-likeness (QED) is 0.540. The number of alkyl halides is 3. The summed E-state index contributed by atoms with van der Waals surface area (Å²) in [6.07, 6.45) is -3.70. The van der Waals surface area contributed by atoms with Crippen LogP contribution in [-0.4, -0.2) is 37.0 Å². The summed E-state index contributed by atoms with van der Waals surface area (Å²) in [5.74, 6) is -0.138. The van der Waals surface area contributed by atoms with E-state index in [2.05, 4.69) is 5.32 Å². The average Bonchev–Trinajstić information content (AvgIpc) is 2.64. The van der Waals surface area contributed by atoms with E-state index in [0.717, 1.165) is 12.1 Å². The molecule has 158 valence electrons. The Kier molecular flexibility index (Phi) is 8.49. The number of carbonyl (C=O) groups is 1. The second-order valence-corrected chi connectivity index (χ2v) is 6.81. The maximum atomic E-state index is 12.8. The summed E-state index contributed by atoms with van der Waals surface area (Å²) in [7, 11) is 0. The van der Waals surface area contributed by atoms with Crippen LogP contribution in [0.5, 0.6) is 0 Å². The smallest absolute Gasteiger partial charge is 0.366 e. The number of benzene rings is 1. The topological polar surface area (TPSA) is 102 Å². The van der Waals surface area contributed by atoms with Crippen molar-refractivity contribution in [2.24, 2.45) is 17.6 Å². The number of rotatable bonds is 6. The number of nitrogens with zero attached hydrogens (tertiary/aromatic N) is 2. The second-order valence-electron chi connectivity index (χ2n) is 6.81. The minimum atomic E-state index is -4.64. The largest absolute Gasteiger partial charge is 0.416 e. The molecule has 28 heavy (non-hydrogen) atoms. The van der Waals surface area contributed by atoms with E-state index < -0.39 is 22.4 Å². The highest BCUT2D eigenvalue weighted by molar-refractivity contribution is 5.85. The zero-order valence-electron chi connectivity index (χ0n) is 15.4. The number of hydrogen-bond acceptors (Lipinski definition) is 5. The van der Waals surface area contributed by atoms with Gasteiger partial charge in [-0.25, -0.2) is 0 Å². The molecule has 1 aliphatic rings. The van der Waals surface area contributed by atoms with Crippen LogP contribution in [0.1, 0.15) is 25.3 Å². The molecular weight excluding hydrogens is 401 g/mol. The van der Waals surface area contributed by atoms with Crippen molar-refractivity contribution in [3.8, 4) is 0 Å². The first-order valence-corrected chi connectivity index (χ1v) is 8.71. The summed E-state index contributed by atoms with van der Waals surface area (Å²) < 4.78 is 38.4. The van der Waals surface area contributed by atoms with Crippen LogP contribution in [0.15, 0.2) is 18.2 Å². The first-order chi connectivity index (χ1) is 12.6. The summed E-state index contributed by atoms with van der Waals surface area (Å²) in [6, 6.07) is 2.53. The number of nitrogens with one attached hydrogen (secondary N) is 1. The van der Waals surface area contributed by atoms with Crippen LogP contribution in [0.3, 0.4) is 0 Å². The lowest BCUT2D eigenvalue weighted by Gasteiger charge is -2.33. The molecule has 1 heterocycles. The van der Waals surface area contributed by atoms with Crippen LogP contribution in [0.4, 0.5) is 24.5 Å². The summed E-state index contributed by atoms with van der Waals surface area (Å²) in [5.41, 5.74) is 4.02. The van der Waals surface area contributed by atoms with Gasteiger partial charge in [-0.05, 0) is 37.4 Å².